The van der Waals surface area contributed by atoms with Crippen molar-refractivity contribution in [1.82, 2.24) is 9.29 Å². The molecule has 2 heterocycles. The van der Waals surface area contributed by atoms with Crippen LogP contribution in [0.15, 0.2) is 40.9 Å². The van der Waals surface area contributed by atoms with E-state index < -0.39 is 10.0 Å². The lowest BCUT2D eigenvalue weighted by atomic mass is 10.3. The number of pyridine rings is 1. The van der Waals surface area contributed by atoms with Crippen LogP contribution in [0.25, 0.3) is 0 Å². The third-order valence-electron chi connectivity index (χ3n) is 2.95. The van der Waals surface area contributed by atoms with Crippen LogP contribution in [0, 0.1) is 0 Å². The van der Waals surface area contributed by atoms with Crippen molar-refractivity contribution in [3.8, 4) is 0 Å². The Morgan fingerprint density at radius 1 is 1.35 bits per heavy atom. The van der Waals surface area contributed by atoms with Crippen molar-refractivity contribution in [2.75, 3.05) is 26.0 Å². The number of hydrogen-bond donors (Lipinski definition) is 1. The Labute approximate surface area is 123 Å². The second kappa shape index (κ2) is 6.34. The molecule has 1 N–H and O–H groups in total. The van der Waals surface area contributed by atoms with E-state index in [2.05, 4.69) is 10.3 Å². The SMILES string of the molecule is CNc1cccnc1S(=O)(=O)N(C)CCc1cccs1. The van der Waals surface area contributed by atoms with Gasteiger partial charge in [-0.3, -0.25) is 0 Å². The van der Waals surface area contributed by atoms with Crippen molar-refractivity contribution in [3.05, 3.63) is 40.7 Å². The van der Waals surface area contributed by atoms with Gasteiger partial charge in [0.1, 0.15) is 0 Å². The van der Waals surface area contributed by atoms with E-state index in [1.807, 2.05) is 17.5 Å². The normalized spacial score (nSPS) is 11.8. The highest BCUT2D eigenvalue weighted by atomic mass is 32.2. The largest absolute Gasteiger partial charge is 0.386 e. The Bertz CT molecular complexity index is 654. The number of thiophene rings is 1. The molecule has 0 unspecified atom stereocenters. The summed E-state index contributed by atoms with van der Waals surface area (Å²) in [7, 11) is -0.308. The van der Waals surface area contributed by atoms with Gasteiger partial charge in [-0.2, -0.15) is 4.31 Å². The summed E-state index contributed by atoms with van der Waals surface area (Å²) in [6.07, 6.45) is 2.19. The number of likely N-dealkylation sites (N-methyl/N-ethyl adjacent to an activating group) is 1. The Balaban J connectivity index is 2.16. The second-order valence-electron chi connectivity index (χ2n) is 4.26. The Morgan fingerprint density at radius 2 is 2.15 bits per heavy atom. The van der Waals surface area contributed by atoms with Crippen LogP contribution in [-0.4, -0.2) is 38.3 Å². The van der Waals surface area contributed by atoms with Crippen molar-refractivity contribution < 1.29 is 8.42 Å². The molecule has 0 amide bonds. The molecule has 0 aliphatic carbocycles. The van der Waals surface area contributed by atoms with E-state index in [1.165, 1.54) is 15.4 Å². The number of aromatic nitrogens is 1. The number of hydrogen-bond acceptors (Lipinski definition) is 5. The van der Waals surface area contributed by atoms with Crippen LogP contribution in [0.2, 0.25) is 0 Å². The zero-order valence-electron chi connectivity index (χ0n) is 11.4. The smallest absolute Gasteiger partial charge is 0.262 e. The van der Waals surface area contributed by atoms with Gasteiger partial charge < -0.3 is 5.32 Å². The minimum absolute atomic E-state index is 0.0659. The summed E-state index contributed by atoms with van der Waals surface area (Å²) in [5.74, 6) is 0. The summed E-state index contributed by atoms with van der Waals surface area (Å²) in [4.78, 5) is 5.17. The predicted octanol–water partition coefficient (Wildman–Crippen LogP) is 2.05. The van der Waals surface area contributed by atoms with E-state index in [0.29, 0.717) is 18.7 Å². The van der Waals surface area contributed by atoms with E-state index in [-0.39, 0.29) is 5.03 Å². The molecule has 7 heteroatoms. The molecule has 0 aromatic carbocycles. The van der Waals surface area contributed by atoms with Gasteiger partial charge >= 0.3 is 0 Å². The van der Waals surface area contributed by atoms with Crippen molar-refractivity contribution in [3.63, 3.8) is 0 Å². The molecule has 2 aromatic rings. The summed E-state index contributed by atoms with van der Waals surface area (Å²) < 4.78 is 26.3. The van der Waals surface area contributed by atoms with Gasteiger partial charge in [0.05, 0.1) is 5.69 Å². The molecule has 0 fully saturated rings. The van der Waals surface area contributed by atoms with Gasteiger partial charge in [0.15, 0.2) is 5.03 Å². The van der Waals surface area contributed by atoms with E-state index in [1.54, 1.807) is 37.6 Å². The van der Waals surface area contributed by atoms with Crippen molar-refractivity contribution in [2.45, 2.75) is 11.4 Å². The van der Waals surface area contributed by atoms with Crippen LogP contribution in [-0.2, 0) is 16.4 Å². The Hall–Kier alpha value is -1.44. The Kier molecular flexibility index (Phi) is 4.74. The molecule has 0 aliphatic rings. The number of nitrogens with zero attached hydrogens (tertiary/aromatic N) is 2. The van der Waals surface area contributed by atoms with Gasteiger partial charge in [-0.1, -0.05) is 6.07 Å². The summed E-state index contributed by atoms with van der Waals surface area (Å²) in [6, 6.07) is 7.38. The lowest BCUT2D eigenvalue weighted by Crippen LogP contribution is -2.30. The first-order valence-corrected chi connectivity index (χ1v) is 8.49. The Morgan fingerprint density at radius 3 is 2.80 bits per heavy atom. The maximum atomic E-state index is 12.5. The second-order valence-corrected chi connectivity index (χ2v) is 7.25. The van der Waals surface area contributed by atoms with Gasteiger partial charge in [0, 0.05) is 31.7 Å². The van der Waals surface area contributed by atoms with Crippen LogP contribution < -0.4 is 5.32 Å². The van der Waals surface area contributed by atoms with E-state index in [9.17, 15) is 8.42 Å². The molecule has 5 nitrogen and oxygen atoms in total. The number of sulfonamides is 1. The molecular formula is C13H17N3O2S2. The van der Waals surface area contributed by atoms with Gasteiger partial charge in [-0.25, -0.2) is 13.4 Å². The lowest BCUT2D eigenvalue weighted by molar-refractivity contribution is 0.471. The standard InChI is InChI=1S/C13H17N3O2S2/c1-14-12-6-3-8-15-13(12)20(17,18)16(2)9-7-11-5-4-10-19-11/h3-6,8,10,14H,7,9H2,1-2H3. The maximum Gasteiger partial charge on any atom is 0.262 e. The van der Waals surface area contributed by atoms with Gasteiger partial charge in [-0.15, -0.1) is 11.3 Å². The molecule has 0 saturated heterocycles. The predicted molar refractivity (Wildman–Crippen MR) is 81.6 cm³/mol. The highest BCUT2D eigenvalue weighted by Gasteiger charge is 2.24. The van der Waals surface area contributed by atoms with Crippen molar-refractivity contribution in [2.24, 2.45) is 0 Å². The van der Waals surface area contributed by atoms with Gasteiger partial charge in [0.25, 0.3) is 10.0 Å². The molecule has 0 saturated carbocycles. The van der Waals surface area contributed by atoms with E-state index in [4.69, 9.17) is 0 Å². The summed E-state index contributed by atoms with van der Waals surface area (Å²) in [5.41, 5.74) is 0.510. The fraction of sp³-hybridized carbons (Fsp3) is 0.308. The van der Waals surface area contributed by atoms with E-state index >= 15 is 0 Å². The molecule has 0 aliphatic heterocycles. The average molecular weight is 311 g/mol. The highest BCUT2D eigenvalue weighted by Crippen LogP contribution is 2.21. The maximum absolute atomic E-state index is 12.5. The lowest BCUT2D eigenvalue weighted by Gasteiger charge is -2.17. The molecule has 108 valence electrons. The molecule has 20 heavy (non-hydrogen) atoms. The van der Waals surface area contributed by atoms with Crippen molar-refractivity contribution >= 4 is 27.0 Å². The van der Waals surface area contributed by atoms with Gasteiger partial charge in [-0.05, 0) is 30.0 Å². The first-order chi connectivity index (χ1) is 9.55. The third kappa shape index (κ3) is 3.17. The third-order valence-corrected chi connectivity index (χ3v) is 5.70. The quantitative estimate of drug-likeness (QED) is 0.887. The minimum atomic E-state index is -3.57. The molecule has 2 aromatic heterocycles. The van der Waals surface area contributed by atoms with E-state index in [0.717, 1.165) is 0 Å². The molecule has 0 bridgehead atoms. The fourth-order valence-corrected chi connectivity index (χ4v) is 3.74. The molecule has 0 radical (unpaired) electrons. The first kappa shape index (κ1) is 15.0. The molecular weight excluding hydrogens is 294 g/mol. The average Bonchev–Trinajstić information content (AvgIpc) is 2.97. The highest BCUT2D eigenvalue weighted by molar-refractivity contribution is 7.89. The summed E-state index contributed by atoms with van der Waals surface area (Å²) in [6.45, 7) is 0.433. The fourth-order valence-electron chi connectivity index (χ4n) is 1.78. The van der Waals surface area contributed by atoms with Crippen LogP contribution in [0.3, 0.4) is 0 Å². The monoisotopic (exact) mass is 311 g/mol. The number of nitrogens with one attached hydrogen (secondary N) is 1. The summed E-state index contributed by atoms with van der Waals surface area (Å²) >= 11 is 1.63. The topological polar surface area (TPSA) is 62.3 Å². The summed E-state index contributed by atoms with van der Waals surface area (Å²) in [5, 5.41) is 4.91. The van der Waals surface area contributed by atoms with Gasteiger partial charge in [0.2, 0.25) is 0 Å². The minimum Gasteiger partial charge on any atom is -0.386 e. The first-order valence-electron chi connectivity index (χ1n) is 6.17. The number of anilines is 1. The molecule has 2 rings (SSSR count). The van der Waals surface area contributed by atoms with Crippen LogP contribution >= 0.6 is 11.3 Å². The number of rotatable bonds is 6. The zero-order valence-corrected chi connectivity index (χ0v) is 13.0. The molecule has 0 atom stereocenters. The zero-order chi connectivity index (χ0) is 14.6. The van der Waals surface area contributed by atoms with Crippen LogP contribution in [0.4, 0.5) is 5.69 Å². The van der Waals surface area contributed by atoms with Crippen LogP contribution in [0.5, 0.6) is 0 Å². The van der Waals surface area contributed by atoms with Crippen molar-refractivity contribution in [1.29, 1.82) is 0 Å². The molecule has 0 spiro atoms. The van der Waals surface area contributed by atoms with Crippen LogP contribution in [0.1, 0.15) is 4.88 Å².